The van der Waals surface area contributed by atoms with Crippen molar-refractivity contribution in [2.24, 2.45) is 7.05 Å². The van der Waals surface area contributed by atoms with Crippen molar-refractivity contribution in [2.45, 2.75) is 31.8 Å². The van der Waals surface area contributed by atoms with E-state index in [2.05, 4.69) is 10.6 Å². The monoisotopic (exact) mass is 375 g/mol. The average Bonchev–Trinajstić information content (AvgIpc) is 3.08. The van der Waals surface area contributed by atoms with Crippen LogP contribution in [-0.4, -0.2) is 76.3 Å². The fourth-order valence-electron chi connectivity index (χ4n) is 3.59. The first-order chi connectivity index (χ1) is 12.9. The van der Waals surface area contributed by atoms with E-state index in [9.17, 15) is 19.2 Å². The molecule has 2 aliphatic heterocycles. The predicted octanol–water partition coefficient (Wildman–Crippen LogP) is -0.907. The first-order valence-corrected chi connectivity index (χ1v) is 9.14. The zero-order valence-electron chi connectivity index (χ0n) is 15.6. The summed E-state index contributed by atoms with van der Waals surface area (Å²) < 4.78 is 1.72. The molecule has 3 heterocycles. The molecular formula is C18H25N5O4. The van der Waals surface area contributed by atoms with Gasteiger partial charge in [0.15, 0.2) is 0 Å². The number of aryl methyl sites for hydroxylation is 1. The molecule has 146 valence electrons. The molecule has 4 amide bonds. The van der Waals surface area contributed by atoms with Gasteiger partial charge in [-0.2, -0.15) is 0 Å². The number of hydrogen-bond acceptors (Lipinski definition) is 4. The minimum atomic E-state index is -0.810. The number of amides is 4. The molecule has 0 aromatic carbocycles. The number of hydrogen-bond donors (Lipinski definition) is 2. The van der Waals surface area contributed by atoms with Gasteiger partial charge in [0, 0.05) is 39.8 Å². The van der Waals surface area contributed by atoms with E-state index in [0.717, 1.165) is 6.42 Å². The van der Waals surface area contributed by atoms with Crippen molar-refractivity contribution in [1.82, 2.24) is 25.0 Å². The SMILES string of the molecule is CC(=O)N1CCN(C(=O)c2cccn2C)C[C@H]1C(=O)N[C@H]1CCCNC1=O. The molecule has 9 nitrogen and oxygen atoms in total. The normalized spacial score (nSPS) is 23.0. The summed E-state index contributed by atoms with van der Waals surface area (Å²) in [5.74, 6) is -1.03. The number of aromatic nitrogens is 1. The summed E-state index contributed by atoms with van der Waals surface area (Å²) in [6.45, 7) is 2.75. The lowest BCUT2D eigenvalue weighted by atomic mass is 10.0. The minimum Gasteiger partial charge on any atom is -0.354 e. The van der Waals surface area contributed by atoms with Gasteiger partial charge in [-0.25, -0.2) is 0 Å². The molecule has 0 radical (unpaired) electrons. The highest BCUT2D eigenvalue weighted by Gasteiger charge is 2.38. The van der Waals surface area contributed by atoms with Gasteiger partial charge < -0.3 is 25.0 Å². The Morgan fingerprint density at radius 3 is 2.67 bits per heavy atom. The van der Waals surface area contributed by atoms with Crippen LogP contribution in [0, 0.1) is 0 Å². The van der Waals surface area contributed by atoms with Crippen molar-refractivity contribution in [2.75, 3.05) is 26.2 Å². The Hall–Kier alpha value is -2.84. The summed E-state index contributed by atoms with van der Waals surface area (Å²) in [5, 5.41) is 5.47. The third-order valence-corrected chi connectivity index (χ3v) is 5.14. The molecule has 0 aliphatic carbocycles. The van der Waals surface area contributed by atoms with E-state index in [1.54, 1.807) is 34.8 Å². The summed E-state index contributed by atoms with van der Waals surface area (Å²) >= 11 is 0. The smallest absolute Gasteiger partial charge is 0.270 e. The molecule has 2 atom stereocenters. The zero-order valence-corrected chi connectivity index (χ0v) is 15.6. The number of piperazine rings is 1. The Balaban J connectivity index is 1.73. The molecule has 0 saturated carbocycles. The molecule has 2 N–H and O–H groups in total. The van der Waals surface area contributed by atoms with Crippen LogP contribution in [0.4, 0.5) is 0 Å². The number of rotatable bonds is 3. The fraction of sp³-hybridized carbons (Fsp3) is 0.556. The van der Waals surface area contributed by atoms with Gasteiger partial charge in [0.1, 0.15) is 17.8 Å². The van der Waals surface area contributed by atoms with Crippen molar-refractivity contribution < 1.29 is 19.2 Å². The van der Waals surface area contributed by atoms with E-state index in [-0.39, 0.29) is 30.8 Å². The highest BCUT2D eigenvalue weighted by molar-refractivity contribution is 5.95. The van der Waals surface area contributed by atoms with Gasteiger partial charge in [0.25, 0.3) is 5.91 Å². The van der Waals surface area contributed by atoms with Gasteiger partial charge >= 0.3 is 0 Å². The van der Waals surface area contributed by atoms with Crippen molar-refractivity contribution in [3.05, 3.63) is 24.0 Å². The first-order valence-electron chi connectivity index (χ1n) is 9.14. The Morgan fingerprint density at radius 2 is 2.04 bits per heavy atom. The van der Waals surface area contributed by atoms with Crippen LogP contribution in [0.25, 0.3) is 0 Å². The van der Waals surface area contributed by atoms with Crippen LogP contribution in [0.5, 0.6) is 0 Å². The lowest BCUT2D eigenvalue weighted by Gasteiger charge is -2.40. The summed E-state index contributed by atoms with van der Waals surface area (Å²) in [7, 11) is 1.78. The Labute approximate surface area is 157 Å². The van der Waals surface area contributed by atoms with Crippen molar-refractivity contribution in [1.29, 1.82) is 0 Å². The third-order valence-electron chi connectivity index (χ3n) is 5.14. The standard InChI is InChI=1S/C18H25N5O4/c1-12(24)23-10-9-22(18(27)14-6-4-8-21(14)2)11-15(23)17(26)20-13-5-3-7-19-16(13)25/h4,6,8,13,15H,3,5,7,9-11H2,1-2H3,(H,19,25)(H,20,26)/t13-,15-/m0/s1. The molecule has 27 heavy (non-hydrogen) atoms. The number of carbonyl (C=O) groups excluding carboxylic acids is 4. The van der Waals surface area contributed by atoms with Crippen LogP contribution in [-0.2, 0) is 21.4 Å². The van der Waals surface area contributed by atoms with E-state index in [1.165, 1.54) is 11.8 Å². The maximum atomic E-state index is 12.8. The maximum absolute atomic E-state index is 12.8. The Morgan fingerprint density at radius 1 is 1.26 bits per heavy atom. The summed E-state index contributed by atoms with van der Waals surface area (Å²) in [4.78, 5) is 52.5. The first kappa shape index (κ1) is 18.9. The van der Waals surface area contributed by atoms with Gasteiger partial charge in [-0.3, -0.25) is 19.2 Å². The molecule has 2 saturated heterocycles. The van der Waals surface area contributed by atoms with Gasteiger partial charge in [-0.05, 0) is 25.0 Å². The Kier molecular flexibility index (Phi) is 5.48. The molecule has 1 aromatic rings. The van der Waals surface area contributed by atoms with E-state index in [0.29, 0.717) is 25.2 Å². The van der Waals surface area contributed by atoms with Crippen LogP contribution < -0.4 is 10.6 Å². The third kappa shape index (κ3) is 3.96. The molecule has 1 aromatic heterocycles. The predicted molar refractivity (Wildman–Crippen MR) is 96.7 cm³/mol. The minimum absolute atomic E-state index is 0.101. The van der Waals surface area contributed by atoms with Crippen molar-refractivity contribution >= 4 is 23.6 Å². The van der Waals surface area contributed by atoms with Gasteiger partial charge in [-0.1, -0.05) is 0 Å². The molecular weight excluding hydrogens is 350 g/mol. The second kappa shape index (κ2) is 7.81. The number of piperidine rings is 1. The summed E-state index contributed by atoms with van der Waals surface area (Å²) in [6.07, 6.45) is 3.14. The van der Waals surface area contributed by atoms with Crippen molar-refractivity contribution in [3.8, 4) is 0 Å². The van der Waals surface area contributed by atoms with Gasteiger partial charge in [0.05, 0.1) is 6.54 Å². The zero-order chi connectivity index (χ0) is 19.6. The van der Waals surface area contributed by atoms with E-state index < -0.39 is 18.0 Å². The molecule has 9 heteroatoms. The van der Waals surface area contributed by atoms with Crippen molar-refractivity contribution in [3.63, 3.8) is 0 Å². The van der Waals surface area contributed by atoms with Crippen LogP contribution >= 0.6 is 0 Å². The summed E-state index contributed by atoms with van der Waals surface area (Å²) in [5.41, 5.74) is 0.525. The van der Waals surface area contributed by atoms with Crippen LogP contribution in [0.2, 0.25) is 0 Å². The van der Waals surface area contributed by atoms with Crippen LogP contribution in [0.3, 0.4) is 0 Å². The molecule has 0 unspecified atom stereocenters. The lowest BCUT2D eigenvalue weighted by Crippen LogP contribution is -2.63. The average molecular weight is 375 g/mol. The van der Waals surface area contributed by atoms with E-state index in [1.807, 2.05) is 0 Å². The summed E-state index contributed by atoms with van der Waals surface area (Å²) in [6, 6.07) is 2.10. The number of nitrogens with zero attached hydrogens (tertiary/aromatic N) is 3. The highest BCUT2D eigenvalue weighted by Crippen LogP contribution is 2.15. The Bertz CT molecular complexity index is 759. The second-order valence-electron chi connectivity index (χ2n) is 6.98. The fourth-order valence-corrected chi connectivity index (χ4v) is 3.59. The maximum Gasteiger partial charge on any atom is 0.270 e. The van der Waals surface area contributed by atoms with Gasteiger partial charge in [0.2, 0.25) is 17.7 Å². The number of carbonyl (C=O) groups is 4. The molecule has 3 rings (SSSR count). The molecule has 0 bridgehead atoms. The van der Waals surface area contributed by atoms with E-state index >= 15 is 0 Å². The molecule has 0 spiro atoms. The van der Waals surface area contributed by atoms with Gasteiger partial charge in [-0.15, -0.1) is 0 Å². The largest absolute Gasteiger partial charge is 0.354 e. The van der Waals surface area contributed by atoms with Crippen LogP contribution in [0.1, 0.15) is 30.3 Å². The second-order valence-corrected chi connectivity index (χ2v) is 6.98. The quantitative estimate of drug-likeness (QED) is 0.714. The topological polar surface area (TPSA) is 104 Å². The molecule has 2 fully saturated rings. The van der Waals surface area contributed by atoms with Crippen LogP contribution in [0.15, 0.2) is 18.3 Å². The van der Waals surface area contributed by atoms with E-state index in [4.69, 9.17) is 0 Å². The number of nitrogens with one attached hydrogen (secondary N) is 2. The highest BCUT2D eigenvalue weighted by atomic mass is 16.2. The lowest BCUT2D eigenvalue weighted by molar-refractivity contribution is -0.143. The molecule has 2 aliphatic rings.